The van der Waals surface area contributed by atoms with Crippen molar-refractivity contribution in [2.24, 2.45) is 0 Å². The van der Waals surface area contributed by atoms with Gasteiger partial charge in [0, 0.05) is 31.5 Å². The molecule has 0 spiro atoms. The van der Waals surface area contributed by atoms with Gasteiger partial charge in [-0.05, 0) is 30.4 Å². The number of hydrogen-bond donors (Lipinski definition) is 1. The molecule has 1 aliphatic rings. The fraction of sp³-hybridized carbons (Fsp3) is 0.292. The summed E-state index contributed by atoms with van der Waals surface area (Å²) in [4.78, 5) is 23.8. The molecular formula is C24H26N4O. The van der Waals surface area contributed by atoms with Crippen LogP contribution in [0.3, 0.4) is 0 Å². The SMILES string of the molecule is O=C(CC(c1ccccc1)c1ccccc1)Nc1cc(N2CCCCC2)ncn1. The molecule has 1 N–H and O–H groups in total. The van der Waals surface area contributed by atoms with Crippen LogP contribution in [0.1, 0.15) is 42.7 Å². The first-order valence-corrected chi connectivity index (χ1v) is 10.3. The predicted molar refractivity (Wildman–Crippen MR) is 116 cm³/mol. The van der Waals surface area contributed by atoms with Gasteiger partial charge in [-0.15, -0.1) is 0 Å². The summed E-state index contributed by atoms with van der Waals surface area (Å²) >= 11 is 0. The summed E-state index contributed by atoms with van der Waals surface area (Å²) in [7, 11) is 0. The van der Waals surface area contributed by atoms with Crippen LogP contribution in [0, 0.1) is 0 Å². The van der Waals surface area contributed by atoms with Crippen molar-refractivity contribution in [1.82, 2.24) is 9.97 Å². The van der Waals surface area contributed by atoms with E-state index in [0.29, 0.717) is 12.2 Å². The lowest BCUT2D eigenvalue weighted by Gasteiger charge is -2.27. The number of nitrogens with zero attached hydrogens (tertiary/aromatic N) is 3. The maximum atomic E-state index is 12.9. The highest BCUT2D eigenvalue weighted by atomic mass is 16.1. The van der Waals surface area contributed by atoms with Gasteiger partial charge in [0.05, 0.1) is 0 Å². The maximum Gasteiger partial charge on any atom is 0.226 e. The Balaban J connectivity index is 1.48. The molecule has 2 heterocycles. The average Bonchev–Trinajstić information content (AvgIpc) is 2.79. The molecule has 29 heavy (non-hydrogen) atoms. The molecule has 1 fully saturated rings. The number of benzene rings is 2. The minimum absolute atomic E-state index is 0.000743. The first-order valence-electron chi connectivity index (χ1n) is 10.3. The zero-order chi connectivity index (χ0) is 19.9. The summed E-state index contributed by atoms with van der Waals surface area (Å²) in [5.74, 6) is 1.40. The van der Waals surface area contributed by atoms with Crippen molar-refractivity contribution in [2.45, 2.75) is 31.6 Å². The van der Waals surface area contributed by atoms with Crippen LogP contribution in [0.4, 0.5) is 11.6 Å². The van der Waals surface area contributed by atoms with Crippen LogP contribution in [0.25, 0.3) is 0 Å². The van der Waals surface area contributed by atoms with E-state index < -0.39 is 0 Å². The molecule has 148 valence electrons. The monoisotopic (exact) mass is 386 g/mol. The van der Waals surface area contributed by atoms with Crippen LogP contribution in [0.5, 0.6) is 0 Å². The third-order valence-electron chi connectivity index (χ3n) is 5.39. The number of piperidine rings is 1. The van der Waals surface area contributed by atoms with Crippen molar-refractivity contribution in [1.29, 1.82) is 0 Å². The van der Waals surface area contributed by atoms with E-state index in [9.17, 15) is 4.79 Å². The molecule has 0 radical (unpaired) electrons. The van der Waals surface area contributed by atoms with Crippen LogP contribution in [0.2, 0.25) is 0 Å². The molecule has 2 aromatic carbocycles. The first-order chi connectivity index (χ1) is 14.3. The number of nitrogens with one attached hydrogen (secondary N) is 1. The fourth-order valence-electron chi connectivity index (χ4n) is 3.89. The number of carbonyl (C=O) groups excluding carboxylic acids is 1. The number of carbonyl (C=O) groups is 1. The minimum atomic E-state index is -0.0500. The van der Waals surface area contributed by atoms with Gasteiger partial charge in [0.1, 0.15) is 18.0 Å². The van der Waals surface area contributed by atoms with Crippen LogP contribution >= 0.6 is 0 Å². The van der Waals surface area contributed by atoms with Gasteiger partial charge in [0.2, 0.25) is 5.91 Å². The Kier molecular flexibility index (Phi) is 6.15. The molecule has 0 unspecified atom stereocenters. The second kappa shape index (κ2) is 9.32. The van der Waals surface area contributed by atoms with Gasteiger partial charge in [0.25, 0.3) is 0 Å². The predicted octanol–water partition coefficient (Wildman–Crippen LogP) is 4.63. The van der Waals surface area contributed by atoms with E-state index in [0.717, 1.165) is 30.0 Å². The molecule has 0 atom stereocenters. The molecule has 5 nitrogen and oxygen atoms in total. The molecule has 1 amide bonds. The van der Waals surface area contributed by atoms with Crippen LogP contribution in [0.15, 0.2) is 73.1 Å². The first kappa shape index (κ1) is 19.1. The normalized spacial score (nSPS) is 14.0. The van der Waals surface area contributed by atoms with Gasteiger partial charge >= 0.3 is 0 Å². The Labute approximate surface area is 171 Å². The highest BCUT2D eigenvalue weighted by Crippen LogP contribution is 2.28. The summed E-state index contributed by atoms with van der Waals surface area (Å²) in [6.07, 6.45) is 5.52. The van der Waals surface area contributed by atoms with Gasteiger partial charge in [-0.1, -0.05) is 60.7 Å². The zero-order valence-electron chi connectivity index (χ0n) is 16.5. The van der Waals surface area contributed by atoms with Crippen LogP contribution < -0.4 is 10.2 Å². The van der Waals surface area contributed by atoms with Crippen molar-refractivity contribution in [3.8, 4) is 0 Å². The van der Waals surface area contributed by atoms with E-state index in [1.165, 1.54) is 25.6 Å². The zero-order valence-corrected chi connectivity index (χ0v) is 16.5. The van der Waals surface area contributed by atoms with E-state index in [1.807, 2.05) is 42.5 Å². The van der Waals surface area contributed by atoms with Gasteiger partial charge in [-0.2, -0.15) is 0 Å². The second-order valence-electron chi connectivity index (χ2n) is 7.44. The third-order valence-corrected chi connectivity index (χ3v) is 5.39. The molecule has 3 aromatic rings. The van der Waals surface area contributed by atoms with Crippen molar-refractivity contribution >= 4 is 17.5 Å². The lowest BCUT2D eigenvalue weighted by molar-refractivity contribution is -0.116. The summed E-state index contributed by atoms with van der Waals surface area (Å²) < 4.78 is 0. The third kappa shape index (κ3) is 4.99. The van der Waals surface area contributed by atoms with Crippen LogP contribution in [-0.4, -0.2) is 29.0 Å². The largest absolute Gasteiger partial charge is 0.356 e. The Morgan fingerprint density at radius 2 is 1.52 bits per heavy atom. The van der Waals surface area contributed by atoms with Crippen molar-refractivity contribution in [3.05, 3.63) is 84.2 Å². The van der Waals surface area contributed by atoms with Crippen molar-refractivity contribution in [3.63, 3.8) is 0 Å². The number of hydrogen-bond acceptors (Lipinski definition) is 4. The van der Waals surface area contributed by atoms with Crippen molar-refractivity contribution in [2.75, 3.05) is 23.3 Å². The summed E-state index contributed by atoms with van der Waals surface area (Å²) in [6, 6.07) is 22.2. The quantitative estimate of drug-likeness (QED) is 0.671. The molecule has 0 aliphatic carbocycles. The Morgan fingerprint density at radius 1 is 0.897 bits per heavy atom. The molecule has 0 bridgehead atoms. The summed E-state index contributed by atoms with van der Waals surface area (Å²) in [5, 5.41) is 2.97. The second-order valence-corrected chi connectivity index (χ2v) is 7.44. The standard InChI is InChI=1S/C24H26N4O/c29-24(27-22-17-23(26-18-25-22)28-14-8-3-9-15-28)16-21(19-10-4-1-5-11-19)20-12-6-2-7-13-20/h1-2,4-7,10-13,17-18,21H,3,8-9,14-16H2,(H,25,26,27,29). The number of rotatable bonds is 6. The van der Waals surface area contributed by atoms with Gasteiger partial charge in [0.15, 0.2) is 0 Å². The number of aromatic nitrogens is 2. The molecule has 1 aromatic heterocycles. The topological polar surface area (TPSA) is 58.1 Å². The Morgan fingerprint density at radius 3 is 2.14 bits per heavy atom. The van der Waals surface area contributed by atoms with Gasteiger partial charge < -0.3 is 10.2 Å². The molecule has 5 heteroatoms. The van der Waals surface area contributed by atoms with Gasteiger partial charge in [-0.3, -0.25) is 4.79 Å². The van der Waals surface area contributed by atoms with E-state index in [4.69, 9.17) is 0 Å². The van der Waals surface area contributed by atoms with E-state index >= 15 is 0 Å². The fourth-order valence-corrected chi connectivity index (χ4v) is 3.89. The smallest absolute Gasteiger partial charge is 0.226 e. The van der Waals surface area contributed by atoms with E-state index in [-0.39, 0.29) is 11.8 Å². The van der Waals surface area contributed by atoms with E-state index in [2.05, 4.69) is 44.5 Å². The molecule has 1 saturated heterocycles. The molecular weight excluding hydrogens is 360 g/mol. The summed E-state index contributed by atoms with van der Waals surface area (Å²) in [6.45, 7) is 2.02. The lowest BCUT2D eigenvalue weighted by atomic mass is 9.88. The minimum Gasteiger partial charge on any atom is -0.356 e. The average molecular weight is 386 g/mol. The Bertz CT molecular complexity index is 884. The molecule has 0 saturated carbocycles. The number of anilines is 2. The van der Waals surface area contributed by atoms with E-state index in [1.54, 1.807) is 0 Å². The Hall–Kier alpha value is -3.21. The molecule has 1 aliphatic heterocycles. The highest BCUT2D eigenvalue weighted by Gasteiger charge is 2.19. The lowest BCUT2D eigenvalue weighted by Crippen LogP contribution is -2.30. The van der Waals surface area contributed by atoms with Crippen molar-refractivity contribution < 1.29 is 4.79 Å². The van der Waals surface area contributed by atoms with Crippen LogP contribution in [-0.2, 0) is 4.79 Å². The highest BCUT2D eigenvalue weighted by molar-refractivity contribution is 5.91. The maximum absolute atomic E-state index is 12.9. The van der Waals surface area contributed by atoms with Gasteiger partial charge in [-0.25, -0.2) is 9.97 Å². The summed E-state index contributed by atoms with van der Waals surface area (Å²) in [5.41, 5.74) is 2.26. The molecule has 4 rings (SSSR count). The number of amides is 1.